The van der Waals surface area contributed by atoms with E-state index in [1.54, 1.807) is 0 Å². The van der Waals surface area contributed by atoms with Crippen LogP contribution < -0.4 is 0 Å². The first-order valence-corrected chi connectivity index (χ1v) is 7.71. The van der Waals surface area contributed by atoms with Crippen LogP contribution >= 0.6 is 0 Å². The number of carboxylic acid groups (broad SMARTS) is 1. The zero-order valence-corrected chi connectivity index (χ0v) is 13.0. The topological polar surface area (TPSA) is 37.3 Å². The molecule has 0 aromatic heterocycles. The van der Waals surface area contributed by atoms with Gasteiger partial charge in [-0.15, -0.1) is 0 Å². The minimum absolute atomic E-state index is 0.252. The largest absolute Gasteiger partial charge is 0.478 e. The van der Waals surface area contributed by atoms with Crippen molar-refractivity contribution in [2.45, 2.75) is 66.2 Å². The Balaban J connectivity index is 4.64. The molecule has 1 N–H and O–H groups in total. The quantitative estimate of drug-likeness (QED) is 0.435. The van der Waals surface area contributed by atoms with E-state index >= 15 is 0 Å². The summed E-state index contributed by atoms with van der Waals surface area (Å²) in [6, 6.07) is 0. The van der Waals surface area contributed by atoms with Gasteiger partial charge in [-0.25, -0.2) is 4.79 Å². The summed E-state index contributed by atoms with van der Waals surface area (Å²) in [5, 5.41) is 9.06. The van der Waals surface area contributed by atoms with Crippen LogP contribution in [0.4, 0.5) is 0 Å². The lowest BCUT2D eigenvalue weighted by Crippen LogP contribution is -2.03. The van der Waals surface area contributed by atoms with E-state index in [1.165, 1.54) is 19.3 Å². The maximum absolute atomic E-state index is 11.0. The lowest BCUT2D eigenvalue weighted by Gasteiger charge is -2.11. The van der Waals surface area contributed by atoms with E-state index in [1.807, 2.05) is 13.0 Å². The van der Waals surface area contributed by atoms with Crippen LogP contribution in [0.3, 0.4) is 0 Å². The minimum atomic E-state index is -0.785. The molecule has 0 fully saturated rings. The number of aliphatic carboxylic acids is 1. The Labute approximate surface area is 118 Å². The van der Waals surface area contributed by atoms with Crippen molar-refractivity contribution in [2.75, 3.05) is 0 Å². The number of carboxylic acids is 1. The molecular weight excluding hydrogens is 236 g/mol. The maximum atomic E-state index is 11.0. The lowest BCUT2D eigenvalue weighted by atomic mass is 9.95. The first-order valence-electron chi connectivity index (χ1n) is 7.71. The smallest absolute Gasteiger partial charge is 0.331 e. The first-order chi connectivity index (χ1) is 9.08. The van der Waals surface area contributed by atoms with Crippen molar-refractivity contribution in [3.8, 4) is 0 Å². The van der Waals surface area contributed by atoms with Gasteiger partial charge in [0.25, 0.3) is 0 Å². The zero-order chi connectivity index (χ0) is 14.7. The lowest BCUT2D eigenvalue weighted by molar-refractivity contribution is -0.132. The molecular formula is C17H30O2. The molecule has 19 heavy (non-hydrogen) atoms. The van der Waals surface area contributed by atoms with Crippen molar-refractivity contribution < 1.29 is 9.90 Å². The first kappa shape index (κ1) is 17.9. The predicted octanol–water partition coefficient (Wildman–Crippen LogP) is 5.21. The van der Waals surface area contributed by atoms with Crippen LogP contribution in [0.1, 0.15) is 66.2 Å². The van der Waals surface area contributed by atoms with Gasteiger partial charge >= 0.3 is 5.97 Å². The summed E-state index contributed by atoms with van der Waals surface area (Å²) in [6.45, 7) is 8.44. The highest BCUT2D eigenvalue weighted by molar-refractivity contribution is 5.86. The molecule has 0 aliphatic rings. The van der Waals surface area contributed by atoms with Crippen molar-refractivity contribution in [1.29, 1.82) is 0 Å². The van der Waals surface area contributed by atoms with Gasteiger partial charge in [-0.05, 0) is 37.5 Å². The molecule has 0 aliphatic heterocycles. The van der Waals surface area contributed by atoms with Gasteiger partial charge in [-0.3, -0.25) is 0 Å². The van der Waals surface area contributed by atoms with E-state index in [9.17, 15) is 4.79 Å². The van der Waals surface area contributed by atoms with Crippen LogP contribution in [0, 0.1) is 11.8 Å². The number of unbranched alkanes of at least 4 members (excludes halogenated alkanes) is 1. The normalized spacial score (nSPS) is 15.7. The summed E-state index contributed by atoms with van der Waals surface area (Å²) < 4.78 is 0. The molecule has 0 aromatic rings. The Morgan fingerprint density at radius 2 is 1.79 bits per heavy atom. The van der Waals surface area contributed by atoms with Crippen LogP contribution in [0.25, 0.3) is 0 Å². The van der Waals surface area contributed by atoms with E-state index in [0.29, 0.717) is 17.9 Å². The van der Waals surface area contributed by atoms with Crippen LogP contribution in [-0.4, -0.2) is 11.1 Å². The molecule has 0 bridgehead atoms. The third kappa shape index (κ3) is 7.86. The number of rotatable bonds is 10. The molecule has 0 aliphatic carbocycles. The summed E-state index contributed by atoms with van der Waals surface area (Å²) in [5.74, 6) is 0.103. The van der Waals surface area contributed by atoms with Gasteiger partial charge in [0.2, 0.25) is 0 Å². The molecule has 110 valence electrons. The highest BCUT2D eigenvalue weighted by Gasteiger charge is 2.08. The fourth-order valence-electron chi connectivity index (χ4n) is 2.11. The molecule has 0 amide bonds. The Morgan fingerprint density at radius 1 is 1.11 bits per heavy atom. The SMILES string of the molecule is CCCCC(/C=C\C(/C=C(\CC)C(=O)O)CC)CC. The molecule has 0 saturated carbocycles. The monoisotopic (exact) mass is 266 g/mol. The second-order valence-corrected chi connectivity index (χ2v) is 5.12. The van der Waals surface area contributed by atoms with Gasteiger partial charge in [0, 0.05) is 5.57 Å². The van der Waals surface area contributed by atoms with Gasteiger partial charge in [-0.2, -0.15) is 0 Å². The molecule has 2 unspecified atom stereocenters. The summed E-state index contributed by atoms with van der Waals surface area (Å²) in [5.41, 5.74) is 0.526. The van der Waals surface area contributed by atoms with Crippen LogP contribution in [0.2, 0.25) is 0 Å². The van der Waals surface area contributed by atoms with Gasteiger partial charge in [0.15, 0.2) is 0 Å². The summed E-state index contributed by atoms with van der Waals surface area (Å²) in [6.07, 6.45) is 12.8. The highest BCUT2D eigenvalue weighted by atomic mass is 16.4. The molecule has 0 rings (SSSR count). The molecule has 0 saturated heterocycles. The average Bonchev–Trinajstić information content (AvgIpc) is 2.41. The minimum Gasteiger partial charge on any atom is -0.478 e. The summed E-state index contributed by atoms with van der Waals surface area (Å²) >= 11 is 0. The molecule has 0 radical (unpaired) electrons. The molecule has 0 spiro atoms. The second-order valence-electron chi connectivity index (χ2n) is 5.12. The predicted molar refractivity (Wildman–Crippen MR) is 82.2 cm³/mol. The molecule has 2 heteroatoms. The van der Waals surface area contributed by atoms with E-state index in [4.69, 9.17) is 5.11 Å². The van der Waals surface area contributed by atoms with Crippen molar-refractivity contribution in [2.24, 2.45) is 11.8 Å². The van der Waals surface area contributed by atoms with Crippen molar-refractivity contribution in [3.05, 3.63) is 23.8 Å². The van der Waals surface area contributed by atoms with Crippen LogP contribution in [0.15, 0.2) is 23.8 Å². The van der Waals surface area contributed by atoms with E-state index in [-0.39, 0.29) is 5.92 Å². The molecule has 2 nitrogen and oxygen atoms in total. The Kier molecular flexibility index (Phi) is 10.2. The Hall–Kier alpha value is -1.05. The fraction of sp³-hybridized carbons (Fsp3) is 0.706. The Morgan fingerprint density at radius 3 is 2.21 bits per heavy atom. The number of hydrogen-bond donors (Lipinski definition) is 1. The Bertz CT molecular complexity index is 302. The van der Waals surface area contributed by atoms with Gasteiger partial charge in [0.1, 0.15) is 0 Å². The van der Waals surface area contributed by atoms with Crippen molar-refractivity contribution in [3.63, 3.8) is 0 Å². The van der Waals surface area contributed by atoms with Gasteiger partial charge in [0.05, 0.1) is 0 Å². The zero-order valence-electron chi connectivity index (χ0n) is 13.0. The maximum Gasteiger partial charge on any atom is 0.331 e. The average molecular weight is 266 g/mol. The molecule has 0 heterocycles. The van der Waals surface area contributed by atoms with E-state index < -0.39 is 5.97 Å². The molecule has 2 atom stereocenters. The van der Waals surface area contributed by atoms with Crippen LogP contribution in [0.5, 0.6) is 0 Å². The number of carbonyl (C=O) groups is 1. The molecule has 0 aromatic carbocycles. The van der Waals surface area contributed by atoms with Gasteiger partial charge < -0.3 is 5.11 Å². The fourth-order valence-corrected chi connectivity index (χ4v) is 2.11. The standard InChI is InChI=1S/C17H30O2/c1-5-9-10-14(6-2)11-12-15(7-3)13-16(8-4)17(18)19/h11-15H,5-10H2,1-4H3,(H,18,19)/b12-11-,16-13+. The number of allylic oxidation sites excluding steroid dienone is 3. The summed E-state index contributed by atoms with van der Waals surface area (Å²) in [4.78, 5) is 11.0. The van der Waals surface area contributed by atoms with Crippen molar-refractivity contribution >= 4 is 5.97 Å². The second kappa shape index (κ2) is 10.8. The highest BCUT2D eigenvalue weighted by Crippen LogP contribution is 2.18. The van der Waals surface area contributed by atoms with Crippen molar-refractivity contribution in [1.82, 2.24) is 0 Å². The van der Waals surface area contributed by atoms with Gasteiger partial charge in [-0.1, -0.05) is 58.8 Å². The third-order valence-corrected chi connectivity index (χ3v) is 3.63. The third-order valence-electron chi connectivity index (χ3n) is 3.63. The van der Waals surface area contributed by atoms with E-state index in [2.05, 4.69) is 32.9 Å². The number of hydrogen-bond acceptors (Lipinski definition) is 1. The van der Waals surface area contributed by atoms with E-state index in [0.717, 1.165) is 12.8 Å². The van der Waals surface area contributed by atoms with Crippen LogP contribution in [-0.2, 0) is 4.79 Å². The summed E-state index contributed by atoms with van der Waals surface area (Å²) in [7, 11) is 0.